The zero-order valence-electron chi connectivity index (χ0n) is 19.8. The van der Waals surface area contributed by atoms with Crippen LogP contribution in [-0.2, 0) is 6.42 Å². The molecule has 180 valence electrons. The van der Waals surface area contributed by atoms with Crippen molar-refractivity contribution in [2.75, 3.05) is 6.16 Å². The third kappa shape index (κ3) is 4.62. The molecule has 0 fully saturated rings. The SMILES string of the molecule is Fc1ccc(CCP(Br)(c2ccccc2)(c2ccccc2)c2ccccc2)cc1Oc1ccccc1. The van der Waals surface area contributed by atoms with Crippen molar-refractivity contribution in [3.8, 4) is 11.5 Å². The van der Waals surface area contributed by atoms with Gasteiger partial charge in [0.25, 0.3) is 0 Å². The number of aryl methyl sites for hydroxylation is 1. The fourth-order valence-corrected chi connectivity index (χ4v) is 12.2. The Hall–Kier alpha value is -3.26. The van der Waals surface area contributed by atoms with Gasteiger partial charge in [-0.2, -0.15) is 0 Å². The van der Waals surface area contributed by atoms with Crippen LogP contribution in [0.4, 0.5) is 4.39 Å². The van der Waals surface area contributed by atoms with Gasteiger partial charge in [-0.05, 0) is 0 Å². The summed E-state index contributed by atoms with van der Waals surface area (Å²) >= 11 is 4.49. The molecule has 0 radical (unpaired) electrons. The summed E-state index contributed by atoms with van der Waals surface area (Å²) in [5, 5.41) is 0.750. The molecule has 5 rings (SSSR count). The van der Waals surface area contributed by atoms with Crippen molar-refractivity contribution in [1.29, 1.82) is 0 Å². The topological polar surface area (TPSA) is 9.23 Å². The molecule has 0 N–H and O–H groups in total. The Morgan fingerprint density at radius 1 is 0.583 bits per heavy atom. The third-order valence-corrected chi connectivity index (χ3v) is 16.6. The maximum atomic E-state index is 14.7. The van der Waals surface area contributed by atoms with Gasteiger partial charge in [-0.15, -0.1) is 0 Å². The Morgan fingerprint density at radius 3 is 1.50 bits per heavy atom. The first-order chi connectivity index (χ1) is 17.6. The van der Waals surface area contributed by atoms with Gasteiger partial charge in [0.05, 0.1) is 0 Å². The van der Waals surface area contributed by atoms with Gasteiger partial charge in [0.15, 0.2) is 0 Å². The number of rotatable bonds is 8. The molecule has 4 heteroatoms. The number of hydrogen-bond donors (Lipinski definition) is 0. The Kier molecular flexibility index (Phi) is 7.05. The monoisotopic (exact) mass is 556 g/mol. The van der Waals surface area contributed by atoms with Gasteiger partial charge in [-0.25, -0.2) is 0 Å². The predicted octanol–water partition coefficient (Wildman–Crippen LogP) is 8.00. The van der Waals surface area contributed by atoms with E-state index in [1.54, 1.807) is 0 Å². The average Bonchev–Trinajstić information content (AvgIpc) is 2.95. The van der Waals surface area contributed by atoms with Crippen molar-refractivity contribution < 1.29 is 9.13 Å². The predicted molar refractivity (Wildman–Crippen MR) is 156 cm³/mol. The Bertz CT molecular complexity index is 1330. The summed E-state index contributed by atoms with van der Waals surface area (Å²) in [5.41, 5.74) is 1.03. The molecule has 0 saturated heterocycles. The summed E-state index contributed by atoms with van der Waals surface area (Å²) in [6.07, 6.45) is 1.58. The maximum absolute atomic E-state index is 14.7. The molecule has 0 aliphatic heterocycles. The van der Waals surface area contributed by atoms with E-state index < -0.39 is 5.31 Å². The molecule has 0 aliphatic rings. The van der Waals surface area contributed by atoms with Crippen molar-refractivity contribution in [3.63, 3.8) is 0 Å². The van der Waals surface area contributed by atoms with Crippen molar-refractivity contribution in [3.05, 3.63) is 151 Å². The molecule has 0 atom stereocenters. The summed E-state index contributed by atoms with van der Waals surface area (Å²) in [4.78, 5) is 0. The summed E-state index contributed by atoms with van der Waals surface area (Å²) < 4.78 is 20.6. The van der Waals surface area contributed by atoms with E-state index in [-0.39, 0.29) is 11.6 Å². The molecule has 5 aromatic carbocycles. The molecule has 0 bridgehead atoms. The molecule has 0 saturated carbocycles. The Labute approximate surface area is 220 Å². The van der Waals surface area contributed by atoms with Gasteiger partial charge in [0, 0.05) is 0 Å². The van der Waals surface area contributed by atoms with E-state index >= 15 is 0 Å². The zero-order chi connectivity index (χ0) is 24.9. The van der Waals surface area contributed by atoms with Crippen LogP contribution in [0.15, 0.2) is 140 Å². The van der Waals surface area contributed by atoms with E-state index in [2.05, 4.69) is 106 Å². The molecule has 5 aromatic rings. The summed E-state index contributed by atoms with van der Waals surface area (Å²) in [6, 6.07) is 46.7. The van der Waals surface area contributed by atoms with Crippen LogP contribution in [0.2, 0.25) is 0 Å². The van der Waals surface area contributed by atoms with Crippen LogP contribution in [0.25, 0.3) is 0 Å². The van der Waals surface area contributed by atoms with Gasteiger partial charge >= 0.3 is 221 Å². The molecular formula is C32H27BrFOP. The number of para-hydroxylation sites is 1. The first-order valence-electron chi connectivity index (χ1n) is 12.0. The van der Waals surface area contributed by atoms with Gasteiger partial charge in [-0.3, -0.25) is 0 Å². The summed E-state index contributed by atoms with van der Waals surface area (Å²) in [6.45, 7) is 0. The van der Waals surface area contributed by atoms with Crippen LogP contribution in [0.5, 0.6) is 11.5 Å². The molecular weight excluding hydrogens is 530 g/mol. The van der Waals surface area contributed by atoms with E-state index in [0.717, 1.165) is 18.1 Å². The van der Waals surface area contributed by atoms with Crippen molar-refractivity contribution in [2.24, 2.45) is 0 Å². The second-order valence-corrected chi connectivity index (χ2v) is 17.9. The molecule has 1 nitrogen and oxygen atoms in total. The fourth-order valence-electron chi connectivity index (χ4n) is 4.79. The van der Waals surface area contributed by atoms with E-state index in [4.69, 9.17) is 4.74 Å². The van der Waals surface area contributed by atoms with E-state index in [9.17, 15) is 4.39 Å². The van der Waals surface area contributed by atoms with Crippen molar-refractivity contribution in [1.82, 2.24) is 0 Å². The first kappa shape index (κ1) is 24.4. The number of hydrogen-bond acceptors (Lipinski definition) is 1. The van der Waals surface area contributed by atoms with Crippen LogP contribution >= 0.6 is 20.8 Å². The van der Waals surface area contributed by atoms with Crippen molar-refractivity contribution >= 4 is 36.7 Å². The first-order valence-corrected chi connectivity index (χ1v) is 16.4. The fraction of sp³-hybridized carbons (Fsp3) is 0.0625. The second-order valence-electron chi connectivity index (χ2n) is 8.84. The van der Waals surface area contributed by atoms with Crippen LogP contribution in [0.3, 0.4) is 0 Å². The summed E-state index contributed by atoms with van der Waals surface area (Å²) in [5.74, 6) is 0.493. The quantitative estimate of drug-likeness (QED) is 0.176. The minimum atomic E-state index is -3.05. The van der Waals surface area contributed by atoms with Crippen molar-refractivity contribution in [2.45, 2.75) is 6.42 Å². The van der Waals surface area contributed by atoms with Gasteiger partial charge in [0.1, 0.15) is 0 Å². The van der Waals surface area contributed by atoms with Crippen LogP contribution in [-0.4, -0.2) is 6.16 Å². The summed E-state index contributed by atoms with van der Waals surface area (Å²) in [7, 11) is 0. The zero-order valence-corrected chi connectivity index (χ0v) is 22.3. The van der Waals surface area contributed by atoms with E-state index in [0.29, 0.717) is 5.75 Å². The number of ether oxygens (including phenoxy) is 1. The molecule has 0 aliphatic carbocycles. The molecule has 0 amide bonds. The molecule has 0 unspecified atom stereocenters. The number of halogens is 2. The second kappa shape index (κ2) is 10.4. The Balaban J connectivity index is 1.60. The van der Waals surface area contributed by atoms with E-state index in [1.165, 1.54) is 22.0 Å². The van der Waals surface area contributed by atoms with Gasteiger partial charge in [-0.1, -0.05) is 0 Å². The average molecular weight is 557 g/mol. The van der Waals surface area contributed by atoms with E-state index in [1.807, 2.05) is 42.5 Å². The minimum absolute atomic E-state index is 0.243. The third-order valence-electron chi connectivity index (χ3n) is 6.67. The van der Waals surface area contributed by atoms with Crippen LogP contribution in [0.1, 0.15) is 5.56 Å². The number of benzene rings is 5. The normalized spacial score (nSPS) is 12.4. The van der Waals surface area contributed by atoms with Gasteiger partial charge < -0.3 is 0 Å². The molecule has 0 heterocycles. The van der Waals surface area contributed by atoms with Gasteiger partial charge in [0.2, 0.25) is 0 Å². The molecule has 0 spiro atoms. The molecule has 36 heavy (non-hydrogen) atoms. The van der Waals surface area contributed by atoms with Crippen LogP contribution in [0, 0.1) is 5.82 Å². The molecule has 0 aromatic heterocycles. The standard InChI is InChI=1S/C32H27BrFOP/c33-36(28-15-7-2-8-16-28,29-17-9-3-10-18-29,30-19-11-4-12-20-30)24-23-26-21-22-31(34)32(25-26)35-27-13-5-1-6-14-27/h1-22,25H,23-24H2. The Morgan fingerprint density at radius 2 is 1.03 bits per heavy atom. The van der Waals surface area contributed by atoms with Crippen LogP contribution < -0.4 is 20.7 Å².